The van der Waals surface area contributed by atoms with Crippen molar-refractivity contribution in [2.24, 2.45) is 0 Å². The van der Waals surface area contributed by atoms with Crippen LogP contribution in [0.4, 0.5) is 0 Å². The van der Waals surface area contributed by atoms with E-state index in [0.717, 1.165) is 52.5 Å². The molecule has 0 spiro atoms. The highest BCUT2D eigenvalue weighted by Gasteiger charge is 2.17. The molecule has 1 amide bonds. The summed E-state index contributed by atoms with van der Waals surface area (Å²) >= 11 is 7.56. The second kappa shape index (κ2) is 8.77. The molecule has 0 radical (unpaired) electrons. The van der Waals surface area contributed by atoms with Crippen LogP contribution >= 0.6 is 22.9 Å². The van der Waals surface area contributed by atoms with E-state index in [4.69, 9.17) is 16.6 Å². The molecule has 0 bridgehead atoms. The first-order valence-corrected chi connectivity index (χ1v) is 11.7. The number of thiophene rings is 1. The monoisotopic (exact) mass is 451 g/mol. The summed E-state index contributed by atoms with van der Waals surface area (Å²) in [5.41, 5.74) is 2.16. The number of aryl methyl sites for hydroxylation is 1. The van der Waals surface area contributed by atoms with Crippen molar-refractivity contribution in [3.05, 3.63) is 64.0 Å². The van der Waals surface area contributed by atoms with Crippen LogP contribution < -0.4 is 5.32 Å². The Morgan fingerprint density at radius 2 is 2.03 bits per heavy atom. The molecular weight excluding hydrogens is 430 g/mol. The van der Waals surface area contributed by atoms with Crippen LogP contribution in [0.3, 0.4) is 0 Å². The van der Waals surface area contributed by atoms with Crippen molar-refractivity contribution in [3.63, 3.8) is 0 Å². The summed E-state index contributed by atoms with van der Waals surface area (Å²) in [6.45, 7) is 1.47. The van der Waals surface area contributed by atoms with E-state index >= 15 is 0 Å². The van der Waals surface area contributed by atoms with Crippen molar-refractivity contribution in [3.8, 4) is 10.6 Å². The molecule has 3 aromatic heterocycles. The molecule has 5 rings (SSSR count). The van der Waals surface area contributed by atoms with E-state index < -0.39 is 0 Å². The van der Waals surface area contributed by atoms with E-state index in [1.807, 2.05) is 42.5 Å². The van der Waals surface area contributed by atoms with Gasteiger partial charge >= 0.3 is 0 Å². The van der Waals surface area contributed by atoms with E-state index in [-0.39, 0.29) is 5.91 Å². The Hall–Kier alpha value is -2.77. The van der Waals surface area contributed by atoms with Crippen LogP contribution in [-0.4, -0.2) is 32.2 Å². The topological polar surface area (TPSA) is 72.7 Å². The Kier molecular flexibility index (Phi) is 5.70. The third kappa shape index (κ3) is 4.20. The molecule has 31 heavy (non-hydrogen) atoms. The number of nitrogens with zero attached hydrogens (tertiary/aromatic N) is 4. The van der Waals surface area contributed by atoms with Crippen LogP contribution in [0.5, 0.6) is 0 Å². The van der Waals surface area contributed by atoms with Gasteiger partial charge in [-0.15, -0.1) is 21.5 Å². The average Bonchev–Trinajstić information content (AvgIpc) is 3.31. The quantitative estimate of drug-likeness (QED) is 0.468. The number of amides is 1. The highest BCUT2D eigenvalue weighted by Crippen LogP contribution is 2.32. The molecule has 1 N–H and O–H groups in total. The number of carbonyl (C=O) groups is 1. The molecule has 0 fully saturated rings. The summed E-state index contributed by atoms with van der Waals surface area (Å²) in [4.78, 5) is 18.8. The van der Waals surface area contributed by atoms with Gasteiger partial charge in [-0.05, 0) is 37.1 Å². The maximum absolute atomic E-state index is 13.1. The lowest BCUT2D eigenvalue weighted by Gasteiger charge is -2.11. The zero-order valence-electron chi connectivity index (χ0n) is 17.0. The Bertz CT molecular complexity index is 1250. The number of benzene rings is 1. The van der Waals surface area contributed by atoms with Crippen molar-refractivity contribution in [1.82, 2.24) is 25.1 Å². The van der Waals surface area contributed by atoms with Gasteiger partial charge in [-0.2, -0.15) is 0 Å². The van der Waals surface area contributed by atoms with Crippen molar-refractivity contribution < 1.29 is 4.79 Å². The Labute approximate surface area is 189 Å². The number of rotatable bonds is 5. The van der Waals surface area contributed by atoms with Gasteiger partial charge in [0, 0.05) is 31.3 Å². The zero-order valence-corrected chi connectivity index (χ0v) is 18.5. The molecule has 0 aliphatic carbocycles. The van der Waals surface area contributed by atoms with Crippen LogP contribution in [0, 0.1) is 0 Å². The first kappa shape index (κ1) is 20.2. The summed E-state index contributed by atoms with van der Waals surface area (Å²) in [6, 6.07) is 13.3. The van der Waals surface area contributed by atoms with Gasteiger partial charge in [0.15, 0.2) is 0 Å². The van der Waals surface area contributed by atoms with Gasteiger partial charge in [0.1, 0.15) is 11.6 Å². The molecule has 1 aliphatic heterocycles. The smallest absolute Gasteiger partial charge is 0.252 e. The maximum Gasteiger partial charge on any atom is 0.252 e. The van der Waals surface area contributed by atoms with Gasteiger partial charge in [0.25, 0.3) is 5.91 Å². The number of para-hydroxylation sites is 1. The van der Waals surface area contributed by atoms with Crippen molar-refractivity contribution >= 4 is 39.7 Å². The van der Waals surface area contributed by atoms with E-state index in [0.29, 0.717) is 22.9 Å². The molecule has 1 aliphatic rings. The van der Waals surface area contributed by atoms with Gasteiger partial charge in [-0.1, -0.05) is 36.2 Å². The van der Waals surface area contributed by atoms with Crippen LogP contribution in [-0.2, 0) is 19.4 Å². The normalized spacial score (nSPS) is 13.7. The molecule has 0 saturated heterocycles. The zero-order chi connectivity index (χ0) is 21.2. The molecule has 0 saturated carbocycles. The number of carbonyl (C=O) groups excluding carboxylic acids is 1. The number of fused-ring (bicyclic) bond motifs is 2. The molecule has 6 nitrogen and oxygen atoms in total. The number of hydrogen-bond acceptors (Lipinski definition) is 5. The predicted octanol–water partition coefficient (Wildman–Crippen LogP) is 4.91. The third-order valence-corrected chi connectivity index (χ3v) is 6.86. The van der Waals surface area contributed by atoms with Crippen molar-refractivity contribution in [2.75, 3.05) is 6.54 Å². The minimum atomic E-state index is -0.113. The lowest BCUT2D eigenvalue weighted by atomic mass is 10.1. The fourth-order valence-electron chi connectivity index (χ4n) is 4.05. The van der Waals surface area contributed by atoms with E-state index in [9.17, 15) is 4.79 Å². The second-order valence-electron chi connectivity index (χ2n) is 7.68. The molecule has 8 heteroatoms. The van der Waals surface area contributed by atoms with Crippen LogP contribution in [0.2, 0.25) is 4.34 Å². The molecule has 158 valence electrons. The fraction of sp³-hybridized carbons (Fsp3) is 0.304. The lowest BCUT2D eigenvalue weighted by Crippen LogP contribution is -2.27. The Morgan fingerprint density at radius 1 is 1.13 bits per heavy atom. The second-order valence-corrected chi connectivity index (χ2v) is 9.39. The van der Waals surface area contributed by atoms with E-state index in [2.05, 4.69) is 20.1 Å². The van der Waals surface area contributed by atoms with Gasteiger partial charge in [0.2, 0.25) is 0 Å². The Morgan fingerprint density at radius 3 is 2.90 bits per heavy atom. The first-order valence-electron chi connectivity index (χ1n) is 10.5. The predicted molar refractivity (Wildman–Crippen MR) is 124 cm³/mol. The average molecular weight is 452 g/mol. The number of nitrogens with one attached hydrogen (secondary N) is 1. The fourth-order valence-corrected chi connectivity index (χ4v) is 5.06. The summed E-state index contributed by atoms with van der Waals surface area (Å²) in [7, 11) is 0. The van der Waals surface area contributed by atoms with Gasteiger partial charge in [-0.3, -0.25) is 4.79 Å². The minimum Gasteiger partial charge on any atom is -0.352 e. The molecule has 4 aromatic rings. The first-order chi connectivity index (χ1) is 15.2. The summed E-state index contributed by atoms with van der Waals surface area (Å²) in [5.74, 6) is 1.90. The highest BCUT2D eigenvalue weighted by molar-refractivity contribution is 7.19. The van der Waals surface area contributed by atoms with E-state index in [1.54, 1.807) is 0 Å². The minimum absolute atomic E-state index is 0.113. The number of pyridine rings is 1. The lowest BCUT2D eigenvalue weighted by molar-refractivity contribution is 0.0955. The maximum atomic E-state index is 13.1. The largest absolute Gasteiger partial charge is 0.352 e. The van der Waals surface area contributed by atoms with Crippen LogP contribution in [0.15, 0.2) is 42.5 Å². The van der Waals surface area contributed by atoms with E-state index in [1.165, 1.54) is 24.2 Å². The summed E-state index contributed by atoms with van der Waals surface area (Å²) in [6.07, 6.45) is 5.20. The number of halogens is 1. The third-order valence-electron chi connectivity index (χ3n) is 5.61. The SMILES string of the molecule is O=C(NCCc1nnc2n1CCCCC2)c1cc(-c2ccc(Cl)s2)nc2ccccc12. The van der Waals surface area contributed by atoms with Gasteiger partial charge in [0.05, 0.1) is 26.0 Å². The molecule has 4 heterocycles. The molecule has 1 aromatic carbocycles. The number of aromatic nitrogens is 4. The molecular formula is C23H22ClN5OS. The van der Waals surface area contributed by atoms with Crippen LogP contribution in [0.25, 0.3) is 21.5 Å². The Balaban J connectivity index is 1.36. The molecule has 0 atom stereocenters. The van der Waals surface area contributed by atoms with Gasteiger partial charge in [-0.25, -0.2) is 4.98 Å². The standard InChI is InChI=1S/C23H22ClN5OS/c24-20-10-9-19(31-20)18-14-16(15-6-3-4-7-17(15)26-18)23(30)25-12-11-22-28-27-21-8-2-1-5-13-29(21)22/h3-4,6-7,9-10,14H,1-2,5,8,11-13H2,(H,25,30). The van der Waals surface area contributed by atoms with Crippen molar-refractivity contribution in [2.45, 2.75) is 38.6 Å². The number of hydrogen-bond donors (Lipinski definition) is 1. The highest BCUT2D eigenvalue weighted by atomic mass is 35.5. The van der Waals surface area contributed by atoms with Gasteiger partial charge < -0.3 is 9.88 Å². The van der Waals surface area contributed by atoms with Crippen LogP contribution in [0.1, 0.15) is 41.3 Å². The van der Waals surface area contributed by atoms with Crippen molar-refractivity contribution in [1.29, 1.82) is 0 Å². The molecule has 0 unspecified atom stereocenters. The summed E-state index contributed by atoms with van der Waals surface area (Å²) < 4.78 is 2.92. The summed E-state index contributed by atoms with van der Waals surface area (Å²) in [5, 5.41) is 12.6.